The Morgan fingerprint density at radius 2 is 2.00 bits per heavy atom. The highest BCUT2D eigenvalue weighted by Crippen LogP contribution is 2.24. The molecule has 4 nitrogen and oxygen atoms in total. The first-order valence-electron chi connectivity index (χ1n) is 6.18. The van der Waals surface area contributed by atoms with Crippen LogP contribution in [-0.4, -0.2) is 31.7 Å². The Morgan fingerprint density at radius 3 is 2.63 bits per heavy atom. The monoisotopic (exact) mass is 302 g/mol. The van der Waals surface area contributed by atoms with E-state index in [2.05, 4.69) is 10.6 Å². The van der Waals surface area contributed by atoms with Crippen LogP contribution in [0.25, 0.3) is 0 Å². The number of amides is 1. The Kier molecular flexibility index (Phi) is 5.05. The molecule has 2 unspecified atom stereocenters. The van der Waals surface area contributed by atoms with Gasteiger partial charge in [0.2, 0.25) is 5.91 Å². The third-order valence-corrected chi connectivity index (χ3v) is 3.45. The molecule has 0 spiro atoms. The average molecular weight is 303 g/mol. The average Bonchev–Trinajstić information content (AvgIpc) is 2.76. The molecule has 0 aliphatic carbocycles. The Hall–Kier alpha value is -0.810. The summed E-state index contributed by atoms with van der Waals surface area (Å²) in [4.78, 5) is 12.2. The fourth-order valence-corrected chi connectivity index (χ4v) is 2.66. The highest BCUT2D eigenvalue weighted by Gasteiger charge is 2.33. The predicted octanol–water partition coefficient (Wildman–Crippen LogP) is 2.56. The number of anilines is 1. The van der Waals surface area contributed by atoms with Gasteiger partial charge in [-0.15, -0.1) is 0 Å². The zero-order valence-electron chi connectivity index (χ0n) is 10.6. The number of halogens is 2. The second kappa shape index (κ2) is 6.57. The van der Waals surface area contributed by atoms with Crippen molar-refractivity contribution in [2.45, 2.75) is 13.0 Å². The number of benzene rings is 1. The lowest BCUT2D eigenvalue weighted by Gasteiger charge is -2.18. The van der Waals surface area contributed by atoms with Gasteiger partial charge < -0.3 is 15.4 Å². The summed E-state index contributed by atoms with van der Waals surface area (Å²) in [5, 5.41) is 7.06. The summed E-state index contributed by atoms with van der Waals surface area (Å²) in [6.07, 6.45) is 0. The van der Waals surface area contributed by atoms with Crippen LogP contribution in [0.5, 0.6) is 0 Å². The normalized spacial score (nSPS) is 22.5. The second-order valence-electron chi connectivity index (χ2n) is 4.46. The van der Waals surface area contributed by atoms with E-state index in [1.54, 1.807) is 18.2 Å². The number of rotatable bonds is 4. The number of carbonyl (C=O) groups excluding carboxylic acids is 1. The molecule has 6 heteroatoms. The van der Waals surface area contributed by atoms with Crippen LogP contribution in [0, 0.1) is 5.92 Å². The summed E-state index contributed by atoms with van der Waals surface area (Å²) in [5.74, 6) is -0.278. The lowest BCUT2D eigenvalue weighted by atomic mass is 10.0. The van der Waals surface area contributed by atoms with Gasteiger partial charge in [-0.25, -0.2) is 0 Å². The molecule has 1 aromatic rings. The van der Waals surface area contributed by atoms with Crippen LogP contribution < -0.4 is 10.6 Å². The smallest absolute Gasteiger partial charge is 0.231 e. The van der Waals surface area contributed by atoms with Gasteiger partial charge in [-0.05, 0) is 24.7 Å². The maximum atomic E-state index is 12.2. The zero-order chi connectivity index (χ0) is 13.8. The summed E-state index contributed by atoms with van der Waals surface area (Å²) in [5.41, 5.74) is 0.602. The first-order valence-corrected chi connectivity index (χ1v) is 6.94. The zero-order valence-corrected chi connectivity index (χ0v) is 12.1. The van der Waals surface area contributed by atoms with Crippen LogP contribution in [0.1, 0.15) is 6.92 Å². The van der Waals surface area contributed by atoms with Gasteiger partial charge >= 0.3 is 0 Å². The Labute approximate surface area is 122 Å². The van der Waals surface area contributed by atoms with Crippen LogP contribution in [0.2, 0.25) is 10.0 Å². The van der Waals surface area contributed by atoms with Crippen molar-refractivity contribution in [1.29, 1.82) is 0 Å². The van der Waals surface area contributed by atoms with Gasteiger partial charge in [0.05, 0.1) is 19.1 Å². The molecular formula is C13H16Cl2N2O2. The minimum absolute atomic E-state index is 0.0552. The first-order chi connectivity index (χ1) is 9.10. The van der Waals surface area contributed by atoms with E-state index in [1.807, 2.05) is 6.92 Å². The molecule has 1 aromatic carbocycles. The largest absolute Gasteiger partial charge is 0.379 e. The highest BCUT2D eigenvalue weighted by molar-refractivity contribution is 6.35. The Balaban J connectivity index is 2.04. The Morgan fingerprint density at radius 1 is 1.32 bits per heavy atom. The molecule has 1 saturated heterocycles. The molecule has 104 valence electrons. The lowest BCUT2D eigenvalue weighted by molar-refractivity contribution is -0.120. The summed E-state index contributed by atoms with van der Waals surface area (Å²) < 4.78 is 5.35. The third kappa shape index (κ3) is 3.83. The fourth-order valence-electron chi connectivity index (χ4n) is 2.14. The van der Waals surface area contributed by atoms with Crippen LogP contribution >= 0.6 is 23.2 Å². The van der Waals surface area contributed by atoms with Gasteiger partial charge in [0.15, 0.2) is 0 Å². The first kappa shape index (κ1) is 14.6. The quantitative estimate of drug-likeness (QED) is 0.899. The number of nitrogens with one attached hydrogen (secondary N) is 2. The van der Waals surface area contributed by atoms with E-state index in [9.17, 15) is 4.79 Å². The third-order valence-electron chi connectivity index (χ3n) is 3.01. The fraction of sp³-hybridized carbons (Fsp3) is 0.462. The van der Waals surface area contributed by atoms with Crippen molar-refractivity contribution in [2.75, 3.05) is 25.1 Å². The van der Waals surface area contributed by atoms with Crippen molar-refractivity contribution >= 4 is 34.8 Å². The van der Waals surface area contributed by atoms with Crippen molar-refractivity contribution in [3.63, 3.8) is 0 Å². The molecule has 0 radical (unpaired) electrons. The number of likely N-dealkylation sites (N-methyl/N-ethyl adjacent to an activating group) is 1. The van der Waals surface area contributed by atoms with Crippen LogP contribution in [0.15, 0.2) is 18.2 Å². The number of ether oxygens (including phenoxy) is 1. The lowest BCUT2D eigenvalue weighted by Crippen LogP contribution is -2.41. The van der Waals surface area contributed by atoms with Crippen molar-refractivity contribution in [1.82, 2.24) is 5.32 Å². The predicted molar refractivity (Wildman–Crippen MR) is 76.9 cm³/mol. The highest BCUT2D eigenvalue weighted by atomic mass is 35.5. The molecule has 1 amide bonds. The van der Waals surface area contributed by atoms with E-state index in [4.69, 9.17) is 27.9 Å². The Bertz CT molecular complexity index is 448. The topological polar surface area (TPSA) is 50.4 Å². The summed E-state index contributed by atoms with van der Waals surface area (Å²) in [6, 6.07) is 5.02. The summed E-state index contributed by atoms with van der Waals surface area (Å²) >= 11 is 11.8. The molecule has 2 atom stereocenters. The van der Waals surface area contributed by atoms with Crippen LogP contribution in [0.4, 0.5) is 5.69 Å². The molecule has 1 heterocycles. The number of hydrogen-bond acceptors (Lipinski definition) is 3. The van der Waals surface area contributed by atoms with Gasteiger partial charge in [-0.1, -0.05) is 30.1 Å². The second-order valence-corrected chi connectivity index (χ2v) is 5.33. The van der Waals surface area contributed by atoms with E-state index < -0.39 is 0 Å². The molecule has 0 bridgehead atoms. The van der Waals surface area contributed by atoms with Crippen LogP contribution in [0.3, 0.4) is 0 Å². The standard InChI is InChI=1S/C13H16Cl2N2O2/c1-2-16-12-7-19-6-11(12)13(18)17-10-4-8(14)3-9(15)5-10/h3-5,11-12,16H,2,6-7H2,1H3,(H,17,18). The van der Waals surface area contributed by atoms with E-state index >= 15 is 0 Å². The summed E-state index contributed by atoms with van der Waals surface area (Å²) in [7, 11) is 0. The van der Waals surface area contributed by atoms with Gasteiger partial charge in [0, 0.05) is 21.8 Å². The van der Waals surface area contributed by atoms with Gasteiger partial charge in [0.1, 0.15) is 0 Å². The van der Waals surface area contributed by atoms with Crippen molar-refractivity contribution in [3.8, 4) is 0 Å². The van der Waals surface area contributed by atoms with Crippen molar-refractivity contribution < 1.29 is 9.53 Å². The molecule has 1 aliphatic rings. The van der Waals surface area contributed by atoms with Gasteiger partial charge in [-0.2, -0.15) is 0 Å². The summed E-state index contributed by atoms with van der Waals surface area (Å²) in [6.45, 7) is 3.80. The van der Waals surface area contributed by atoms with Gasteiger partial charge in [-0.3, -0.25) is 4.79 Å². The molecule has 2 N–H and O–H groups in total. The van der Waals surface area contributed by atoms with E-state index in [1.165, 1.54) is 0 Å². The molecular weight excluding hydrogens is 287 g/mol. The molecule has 1 fully saturated rings. The number of carbonyl (C=O) groups is 1. The van der Waals surface area contributed by atoms with E-state index in [0.29, 0.717) is 28.9 Å². The van der Waals surface area contributed by atoms with E-state index in [0.717, 1.165) is 6.54 Å². The van der Waals surface area contributed by atoms with Gasteiger partial charge in [0.25, 0.3) is 0 Å². The SMILES string of the molecule is CCNC1COCC1C(=O)Nc1cc(Cl)cc(Cl)c1. The minimum atomic E-state index is -0.197. The van der Waals surface area contributed by atoms with E-state index in [-0.39, 0.29) is 17.9 Å². The molecule has 2 rings (SSSR count). The van der Waals surface area contributed by atoms with Crippen LogP contribution in [-0.2, 0) is 9.53 Å². The number of hydrogen-bond donors (Lipinski definition) is 2. The molecule has 1 aliphatic heterocycles. The minimum Gasteiger partial charge on any atom is -0.379 e. The molecule has 0 aromatic heterocycles. The molecule has 0 saturated carbocycles. The maximum absolute atomic E-state index is 12.2. The van der Waals surface area contributed by atoms with Crippen molar-refractivity contribution in [2.24, 2.45) is 5.92 Å². The van der Waals surface area contributed by atoms with Crippen molar-refractivity contribution in [3.05, 3.63) is 28.2 Å². The molecule has 19 heavy (non-hydrogen) atoms. The maximum Gasteiger partial charge on any atom is 0.231 e.